The van der Waals surface area contributed by atoms with Gasteiger partial charge in [0.2, 0.25) is 0 Å². The predicted octanol–water partition coefficient (Wildman–Crippen LogP) is 3.71. The van der Waals surface area contributed by atoms with E-state index in [4.69, 9.17) is 15.0 Å². The van der Waals surface area contributed by atoms with Crippen molar-refractivity contribution in [2.24, 2.45) is 10.5 Å². The van der Waals surface area contributed by atoms with Crippen molar-refractivity contribution in [3.63, 3.8) is 0 Å². The molecule has 2 aromatic rings. The van der Waals surface area contributed by atoms with Crippen molar-refractivity contribution in [1.82, 2.24) is 9.97 Å². The molecule has 0 aliphatic carbocycles. The molecule has 1 amide bonds. The van der Waals surface area contributed by atoms with E-state index in [1.54, 1.807) is 6.20 Å². The number of aryl methyl sites for hydroxylation is 1. The Balaban J connectivity index is 1.78. The Morgan fingerprint density at radius 2 is 2.31 bits per heavy atom. The maximum absolute atomic E-state index is 11.6. The van der Waals surface area contributed by atoms with Crippen LogP contribution < -0.4 is 4.74 Å². The summed E-state index contributed by atoms with van der Waals surface area (Å²) in [5, 5.41) is 3.04. The first-order chi connectivity index (χ1) is 12.5. The largest absolute Gasteiger partial charge is 0.493 e. The number of hydrogen-bond acceptors (Lipinski definition) is 5. The summed E-state index contributed by atoms with van der Waals surface area (Å²) >= 11 is 0. The molecule has 1 unspecified atom stereocenters. The van der Waals surface area contributed by atoms with Crippen molar-refractivity contribution in [2.75, 3.05) is 19.8 Å². The Morgan fingerprint density at radius 1 is 1.46 bits per heavy atom. The first-order valence-corrected chi connectivity index (χ1v) is 8.24. The molecule has 1 saturated heterocycles. The maximum Gasteiger partial charge on any atom is 0.269 e. The van der Waals surface area contributed by atoms with Crippen LogP contribution in [0.2, 0.25) is 0 Å². The molecule has 8 heteroatoms. The molecule has 26 heavy (non-hydrogen) atoms. The monoisotopic (exact) mass is 353 g/mol. The van der Waals surface area contributed by atoms with Gasteiger partial charge >= 0.3 is 0 Å². The van der Waals surface area contributed by atoms with E-state index in [0.29, 0.717) is 18.9 Å². The van der Waals surface area contributed by atoms with Gasteiger partial charge in [-0.1, -0.05) is 6.92 Å². The van der Waals surface area contributed by atoms with Gasteiger partial charge in [0.25, 0.3) is 5.91 Å². The van der Waals surface area contributed by atoms with Crippen LogP contribution in [0, 0.1) is 12.3 Å². The highest BCUT2D eigenvalue weighted by atomic mass is 16.5. The van der Waals surface area contributed by atoms with Gasteiger partial charge in [0.05, 0.1) is 31.3 Å². The van der Waals surface area contributed by atoms with Gasteiger partial charge in [-0.15, -0.1) is 0 Å². The predicted molar refractivity (Wildman–Crippen MR) is 94.7 cm³/mol. The van der Waals surface area contributed by atoms with Gasteiger partial charge in [-0.05, 0) is 47.8 Å². The van der Waals surface area contributed by atoms with Crippen molar-refractivity contribution in [3.8, 4) is 17.0 Å². The van der Waals surface area contributed by atoms with Crippen LogP contribution in [-0.2, 0) is 4.74 Å². The van der Waals surface area contributed by atoms with Gasteiger partial charge in [-0.3, -0.25) is 9.78 Å². The number of benzene rings is 1. The smallest absolute Gasteiger partial charge is 0.269 e. The summed E-state index contributed by atoms with van der Waals surface area (Å²) in [7, 11) is 0. The molecule has 1 aromatic carbocycles. The lowest BCUT2D eigenvalue weighted by atomic mass is 9.91. The molecule has 1 atom stereocenters. The lowest BCUT2D eigenvalue weighted by Gasteiger charge is -2.22. The third-order valence-corrected chi connectivity index (χ3v) is 4.34. The van der Waals surface area contributed by atoms with Crippen LogP contribution >= 0.6 is 0 Å². The summed E-state index contributed by atoms with van der Waals surface area (Å²) in [5.41, 5.74) is 10.7. The number of azide groups is 1. The highest BCUT2D eigenvalue weighted by molar-refractivity contribution is 5.93. The summed E-state index contributed by atoms with van der Waals surface area (Å²) in [6.07, 6.45) is 3.82. The minimum absolute atomic E-state index is 0.00689. The average Bonchev–Trinajstić information content (AvgIpc) is 3.08. The Kier molecular flexibility index (Phi) is 5.16. The van der Waals surface area contributed by atoms with Crippen LogP contribution in [0.4, 0.5) is 0 Å². The zero-order chi connectivity index (χ0) is 18.6. The lowest BCUT2D eigenvalue weighted by molar-refractivity contribution is 0.0995. The summed E-state index contributed by atoms with van der Waals surface area (Å²) < 4.78 is 11.4. The highest BCUT2D eigenvalue weighted by Crippen LogP contribution is 2.31. The van der Waals surface area contributed by atoms with E-state index >= 15 is 0 Å². The van der Waals surface area contributed by atoms with Crippen LogP contribution in [0.3, 0.4) is 0 Å². The van der Waals surface area contributed by atoms with Crippen molar-refractivity contribution in [2.45, 2.75) is 20.3 Å². The standard InChI is InChI=1S/C18H19N5O3/c1-12-7-13(14-8-20-9-15(21-14)17(24)22-23-19)3-4-16(12)26-11-18(2)5-6-25-10-18/h3-4,7-9H,5-6,10-11H2,1-2H3. The van der Waals surface area contributed by atoms with Gasteiger partial charge in [0, 0.05) is 22.5 Å². The molecule has 0 spiro atoms. The molecule has 0 radical (unpaired) electrons. The fraction of sp³-hybridized carbons (Fsp3) is 0.389. The summed E-state index contributed by atoms with van der Waals surface area (Å²) in [5.74, 6) is 0.0432. The first-order valence-electron chi connectivity index (χ1n) is 8.24. The van der Waals surface area contributed by atoms with E-state index in [0.717, 1.165) is 29.9 Å². The van der Waals surface area contributed by atoms with Gasteiger partial charge in [0.1, 0.15) is 11.4 Å². The zero-order valence-corrected chi connectivity index (χ0v) is 14.7. The van der Waals surface area contributed by atoms with E-state index in [1.165, 1.54) is 6.20 Å². The Labute approximate surface area is 150 Å². The number of hydrogen-bond donors (Lipinski definition) is 0. The van der Waals surface area contributed by atoms with E-state index in [9.17, 15) is 4.79 Å². The van der Waals surface area contributed by atoms with Crippen molar-refractivity contribution in [1.29, 1.82) is 0 Å². The number of carbonyl (C=O) groups is 1. The van der Waals surface area contributed by atoms with E-state index in [2.05, 4.69) is 26.9 Å². The molecular weight excluding hydrogens is 334 g/mol. The molecule has 1 aliphatic rings. The first kappa shape index (κ1) is 17.8. The second kappa shape index (κ2) is 7.51. The summed E-state index contributed by atoms with van der Waals surface area (Å²) in [4.78, 5) is 22.3. The quantitative estimate of drug-likeness (QED) is 0.462. The minimum atomic E-state index is -0.759. The number of aromatic nitrogens is 2. The molecule has 1 fully saturated rings. The lowest BCUT2D eigenvalue weighted by Crippen LogP contribution is -2.25. The van der Waals surface area contributed by atoms with Crippen LogP contribution in [-0.4, -0.2) is 35.7 Å². The molecule has 1 aromatic heterocycles. The molecular formula is C18H19N5O3. The van der Waals surface area contributed by atoms with E-state index < -0.39 is 5.91 Å². The van der Waals surface area contributed by atoms with Gasteiger partial charge < -0.3 is 9.47 Å². The van der Waals surface area contributed by atoms with Crippen molar-refractivity contribution < 1.29 is 14.3 Å². The average molecular weight is 353 g/mol. The van der Waals surface area contributed by atoms with E-state index in [1.807, 2.05) is 25.1 Å². The zero-order valence-electron chi connectivity index (χ0n) is 14.7. The second-order valence-corrected chi connectivity index (χ2v) is 6.67. The van der Waals surface area contributed by atoms with Crippen LogP contribution in [0.5, 0.6) is 5.75 Å². The SMILES string of the molecule is Cc1cc(-c2cncc(C(=O)N=[N+]=[N-])n2)ccc1OCC1(C)CCOC1. The molecule has 0 saturated carbocycles. The Bertz CT molecular complexity index is 871. The van der Waals surface area contributed by atoms with Crippen molar-refractivity contribution >= 4 is 5.91 Å². The van der Waals surface area contributed by atoms with Crippen molar-refractivity contribution in [3.05, 3.63) is 52.3 Å². The molecule has 2 heterocycles. The molecule has 0 bridgehead atoms. The summed E-state index contributed by atoms with van der Waals surface area (Å²) in [6.45, 7) is 6.20. The second-order valence-electron chi connectivity index (χ2n) is 6.67. The fourth-order valence-electron chi connectivity index (χ4n) is 2.75. The molecule has 134 valence electrons. The van der Waals surface area contributed by atoms with Crippen LogP contribution in [0.15, 0.2) is 35.7 Å². The van der Waals surface area contributed by atoms with Gasteiger partial charge in [0.15, 0.2) is 0 Å². The third-order valence-electron chi connectivity index (χ3n) is 4.34. The van der Waals surface area contributed by atoms with Crippen LogP contribution in [0.1, 0.15) is 29.4 Å². The highest BCUT2D eigenvalue weighted by Gasteiger charge is 2.30. The topological polar surface area (TPSA) is 110 Å². The van der Waals surface area contributed by atoms with Crippen LogP contribution in [0.25, 0.3) is 21.7 Å². The minimum Gasteiger partial charge on any atom is -0.493 e. The molecule has 0 N–H and O–H groups in total. The molecule has 1 aliphatic heterocycles. The van der Waals surface area contributed by atoms with Gasteiger partial charge in [-0.25, -0.2) is 4.98 Å². The third kappa shape index (κ3) is 3.99. The Hall–Kier alpha value is -2.96. The molecule has 3 rings (SSSR count). The number of carbonyl (C=O) groups excluding carboxylic acids is 1. The number of nitrogens with zero attached hydrogens (tertiary/aromatic N) is 5. The summed E-state index contributed by atoms with van der Waals surface area (Å²) in [6, 6.07) is 5.67. The number of amides is 1. The maximum atomic E-state index is 11.6. The number of rotatable bonds is 5. The Morgan fingerprint density at radius 3 is 3.00 bits per heavy atom. The number of ether oxygens (including phenoxy) is 2. The normalized spacial score (nSPS) is 19.0. The fourth-order valence-corrected chi connectivity index (χ4v) is 2.75. The molecule has 8 nitrogen and oxygen atoms in total. The van der Waals surface area contributed by atoms with E-state index in [-0.39, 0.29) is 11.1 Å². The van der Waals surface area contributed by atoms with Gasteiger partial charge in [-0.2, -0.15) is 0 Å².